The van der Waals surface area contributed by atoms with Crippen molar-refractivity contribution in [3.63, 3.8) is 0 Å². The number of ether oxygens (including phenoxy) is 1. The van der Waals surface area contributed by atoms with E-state index in [1.165, 1.54) is 26.2 Å². The van der Waals surface area contributed by atoms with Crippen LogP contribution >= 0.6 is 0 Å². The SMILES string of the molecule is COc1cc(C#N)cc(N)c1C(C)=O. The minimum atomic E-state index is -0.177. The number of nitrogen functional groups attached to an aromatic ring is 1. The lowest BCUT2D eigenvalue weighted by molar-refractivity contribution is 0.101. The molecule has 2 N–H and O–H groups in total. The van der Waals surface area contributed by atoms with Crippen LogP contribution < -0.4 is 10.5 Å². The minimum Gasteiger partial charge on any atom is -0.496 e. The minimum absolute atomic E-state index is 0.177. The van der Waals surface area contributed by atoms with Crippen molar-refractivity contribution >= 4 is 11.5 Å². The molecule has 1 aromatic carbocycles. The van der Waals surface area contributed by atoms with Crippen LogP contribution in [0.2, 0.25) is 0 Å². The molecule has 0 radical (unpaired) electrons. The monoisotopic (exact) mass is 190 g/mol. The summed E-state index contributed by atoms with van der Waals surface area (Å²) in [6.45, 7) is 1.40. The van der Waals surface area contributed by atoms with E-state index in [0.29, 0.717) is 16.9 Å². The Balaban J connectivity index is 3.44. The maximum Gasteiger partial charge on any atom is 0.165 e. The van der Waals surface area contributed by atoms with E-state index in [4.69, 9.17) is 15.7 Å². The average Bonchev–Trinajstić information content (AvgIpc) is 2.15. The van der Waals surface area contributed by atoms with Gasteiger partial charge in [0.1, 0.15) is 5.75 Å². The summed E-state index contributed by atoms with van der Waals surface area (Å²) in [6, 6.07) is 4.89. The molecule has 1 rings (SSSR count). The Labute approximate surface area is 81.9 Å². The first-order chi connectivity index (χ1) is 6.60. The van der Waals surface area contributed by atoms with Gasteiger partial charge in [-0.15, -0.1) is 0 Å². The van der Waals surface area contributed by atoms with Crippen LogP contribution in [0, 0.1) is 11.3 Å². The van der Waals surface area contributed by atoms with Crippen LogP contribution in [0.25, 0.3) is 0 Å². The zero-order valence-corrected chi connectivity index (χ0v) is 8.00. The molecule has 0 aromatic heterocycles. The van der Waals surface area contributed by atoms with E-state index in [-0.39, 0.29) is 11.5 Å². The lowest BCUT2D eigenvalue weighted by atomic mass is 10.1. The quantitative estimate of drug-likeness (QED) is 0.564. The molecular weight excluding hydrogens is 180 g/mol. The number of ketones is 1. The largest absolute Gasteiger partial charge is 0.496 e. The highest BCUT2D eigenvalue weighted by Crippen LogP contribution is 2.26. The first-order valence-electron chi connectivity index (χ1n) is 3.98. The summed E-state index contributed by atoms with van der Waals surface area (Å²) in [5.41, 5.74) is 6.60. The molecule has 0 fully saturated rings. The van der Waals surface area contributed by atoms with Gasteiger partial charge in [-0.3, -0.25) is 4.79 Å². The summed E-state index contributed by atoms with van der Waals surface area (Å²) in [6.07, 6.45) is 0. The molecule has 0 amide bonds. The van der Waals surface area contributed by atoms with E-state index in [1.54, 1.807) is 0 Å². The zero-order valence-electron chi connectivity index (χ0n) is 8.00. The van der Waals surface area contributed by atoms with E-state index in [0.717, 1.165) is 0 Å². The fraction of sp³-hybridized carbons (Fsp3) is 0.200. The van der Waals surface area contributed by atoms with E-state index in [9.17, 15) is 4.79 Å². The molecule has 4 heteroatoms. The molecule has 0 spiro atoms. The lowest BCUT2D eigenvalue weighted by Gasteiger charge is -2.08. The van der Waals surface area contributed by atoms with Gasteiger partial charge in [-0.25, -0.2) is 0 Å². The number of rotatable bonds is 2. The number of nitriles is 1. The topological polar surface area (TPSA) is 76.1 Å². The van der Waals surface area contributed by atoms with Gasteiger partial charge in [0.05, 0.1) is 24.3 Å². The fourth-order valence-electron chi connectivity index (χ4n) is 1.24. The van der Waals surface area contributed by atoms with Gasteiger partial charge in [0.15, 0.2) is 5.78 Å². The number of methoxy groups -OCH3 is 1. The number of hydrogen-bond acceptors (Lipinski definition) is 4. The van der Waals surface area contributed by atoms with Gasteiger partial charge in [-0.2, -0.15) is 5.26 Å². The fourth-order valence-corrected chi connectivity index (χ4v) is 1.24. The second-order valence-corrected chi connectivity index (χ2v) is 2.81. The van der Waals surface area contributed by atoms with E-state index < -0.39 is 0 Å². The number of nitrogens with two attached hydrogens (primary N) is 1. The van der Waals surface area contributed by atoms with Crippen LogP contribution in [0.15, 0.2) is 12.1 Å². The standard InChI is InChI=1S/C10H10N2O2/c1-6(13)10-8(12)3-7(5-11)4-9(10)14-2/h3-4H,12H2,1-2H3. The Bertz CT molecular complexity index is 419. The van der Waals surface area contributed by atoms with Crippen LogP contribution in [0.5, 0.6) is 5.75 Å². The highest BCUT2D eigenvalue weighted by atomic mass is 16.5. The van der Waals surface area contributed by atoms with E-state index >= 15 is 0 Å². The third-order valence-corrected chi connectivity index (χ3v) is 1.83. The average molecular weight is 190 g/mol. The van der Waals surface area contributed by atoms with Gasteiger partial charge < -0.3 is 10.5 Å². The van der Waals surface area contributed by atoms with Crippen molar-refractivity contribution in [2.24, 2.45) is 0 Å². The van der Waals surface area contributed by atoms with Gasteiger partial charge in [0, 0.05) is 5.69 Å². The number of nitrogens with zero attached hydrogens (tertiary/aromatic N) is 1. The predicted molar refractivity (Wildman–Crippen MR) is 52.1 cm³/mol. The van der Waals surface area contributed by atoms with Crippen molar-refractivity contribution in [2.75, 3.05) is 12.8 Å². The molecular formula is C10H10N2O2. The van der Waals surface area contributed by atoms with Crippen molar-refractivity contribution in [1.82, 2.24) is 0 Å². The van der Waals surface area contributed by atoms with Gasteiger partial charge >= 0.3 is 0 Å². The van der Waals surface area contributed by atoms with Crippen molar-refractivity contribution < 1.29 is 9.53 Å². The molecule has 0 aliphatic heterocycles. The van der Waals surface area contributed by atoms with Crippen LogP contribution in [0.3, 0.4) is 0 Å². The van der Waals surface area contributed by atoms with Gasteiger partial charge in [0.25, 0.3) is 0 Å². The molecule has 0 atom stereocenters. The van der Waals surface area contributed by atoms with Crippen molar-refractivity contribution in [2.45, 2.75) is 6.92 Å². The molecule has 0 unspecified atom stereocenters. The summed E-state index contributed by atoms with van der Waals surface area (Å²) in [4.78, 5) is 11.2. The molecule has 0 aliphatic rings. The van der Waals surface area contributed by atoms with Gasteiger partial charge in [0.2, 0.25) is 0 Å². The lowest BCUT2D eigenvalue weighted by Crippen LogP contribution is -2.03. The molecule has 1 aromatic rings. The zero-order chi connectivity index (χ0) is 10.7. The van der Waals surface area contributed by atoms with Crippen molar-refractivity contribution in [3.05, 3.63) is 23.3 Å². The van der Waals surface area contributed by atoms with Crippen LogP contribution in [0.4, 0.5) is 5.69 Å². The Kier molecular flexibility index (Phi) is 2.73. The highest BCUT2D eigenvalue weighted by Gasteiger charge is 2.13. The number of carbonyl (C=O) groups excluding carboxylic acids is 1. The van der Waals surface area contributed by atoms with Crippen LogP contribution in [-0.2, 0) is 0 Å². The Morgan fingerprint density at radius 2 is 2.21 bits per heavy atom. The summed E-state index contributed by atoms with van der Waals surface area (Å²) in [5.74, 6) is 0.165. The van der Waals surface area contributed by atoms with Crippen LogP contribution in [-0.4, -0.2) is 12.9 Å². The van der Waals surface area contributed by atoms with Crippen molar-refractivity contribution in [3.8, 4) is 11.8 Å². The number of benzene rings is 1. The third-order valence-electron chi connectivity index (χ3n) is 1.83. The third kappa shape index (κ3) is 1.67. The number of Topliss-reactive ketones (excluding diaryl/α,β-unsaturated/α-hetero) is 1. The molecule has 14 heavy (non-hydrogen) atoms. The summed E-state index contributed by atoms with van der Waals surface area (Å²) in [7, 11) is 1.43. The molecule has 0 saturated heterocycles. The number of carbonyl (C=O) groups is 1. The predicted octanol–water partition coefficient (Wildman–Crippen LogP) is 1.35. The number of anilines is 1. The summed E-state index contributed by atoms with van der Waals surface area (Å²) >= 11 is 0. The maximum atomic E-state index is 11.2. The second-order valence-electron chi connectivity index (χ2n) is 2.81. The van der Waals surface area contributed by atoms with E-state index in [2.05, 4.69) is 0 Å². The summed E-state index contributed by atoms with van der Waals surface area (Å²) < 4.78 is 4.98. The molecule has 72 valence electrons. The van der Waals surface area contributed by atoms with Gasteiger partial charge in [-0.05, 0) is 19.1 Å². The first kappa shape index (κ1) is 10.1. The Hall–Kier alpha value is -2.02. The first-order valence-corrected chi connectivity index (χ1v) is 3.98. The highest BCUT2D eigenvalue weighted by molar-refractivity contribution is 6.02. The summed E-state index contributed by atoms with van der Waals surface area (Å²) in [5, 5.41) is 8.67. The Morgan fingerprint density at radius 3 is 2.64 bits per heavy atom. The molecule has 0 aliphatic carbocycles. The van der Waals surface area contributed by atoms with Crippen molar-refractivity contribution in [1.29, 1.82) is 5.26 Å². The Morgan fingerprint density at radius 1 is 1.57 bits per heavy atom. The van der Waals surface area contributed by atoms with E-state index in [1.807, 2.05) is 6.07 Å². The van der Waals surface area contributed by atoms with Gasteiger partial charge in [-0.1, -0.05) is 0 Å². The number of hydrogen-bond donors (Lipinski definition) is 1. The molecule has 0 bridgehead atoms. The van der Waals surface area contributed by atoms with Crippen LogP contribution in [0.1, 0.15) is 22.8 Å². The molecule has 0 saturated carbocycles. The normalized spacial score (nSPS) is 9.21. The molecule has 0 heterocycles. The smallest absolute Gasteiger partial charge is 0.165 e. The second kappa shape index (κ2) is 3.79. The maximum absolute atomic E-state index is 11.2. The molecule has 4 nitrogen and oxygen atoms in total.